The molecule has 2 amide bonds. The molecule has 0 radical (unpaired) electrons. The van der Waals surface area contributed by atoms with Gasteiger partial charge in [-0.05, 0) is 31.7 Å². The topological polar surface area (TPSA) is 82.8 Å². The molecule has 2 N–H and O–H groups in total. The Morgan fingerprint density at radius 3 is 2.71 bits per heavy atom. The zero-order valence-corrected chi connectivity index (χ0v) is 12.9. The van der Waals surface area contributed by atoms with Crippen molar-refractivity contribution in [2.45, 2.75) is 39.7 Å². The molecule has 21 heavy (non-hydrogen) atoms. The lowest BCUT2D eigenvalue weighted by Gasteiger charge is -2.18. The van der Waals surface area contributed by atoms with Crippen molar-refractivity contribution in [2.75, 3.05) is 13.6 Å². The van der Waals surface area contributed by atoms with Gasteiger partial charge in [0.15, 0.2) is 0 Å². The van der Waals surface area contributed by atoms with E-state index in [2.05, 4.69) is 5.32 Å². The maximum absolute atomic E-state index is 11.9. The Morgan fingerprint density at radius 2 is 2.14 bits per heavy atom. The number of furan rings is 1. The number of rotatable bonds is 8. The van der Waals surface area contributed by atoms with Crippen LogP contribution in [0.5, 0.6) is 0 Å². The summed E-state index contributed by atoms with van der Waals surface area (Å²) in [6, 6.07) is 1.72. The van der Waals surface area contributed by atoms with Gasteiger partial charge in [0.05, 0.1) is 12.8 Å². The fourth-order valence-electron chi connectivity index (χ4n) is 1.98. The third-order valence-electron chi connectivity index (χ3n) is 3.48. The lowest BCUT2D eigenvalue weighted by molar-refractivity contribution is -0.137. The lowest BCUT2D eigenvalue weighted by Crippen LogP contribution is -2.37. The summed E-state index contributed by atoms with van der Waals surface area (Å²) in [7, 11) is 1.73. The zero-order valence-electron chi connectivity index (χ0n) is 12.9. The third kappa shape index (κ3) is 6.33. The van der Waals surface area contributed by atoms with Crippen molar-refractivity contribution in [3.05, 3.63) is 23.7 Å². The van der Waals surface area contributed by atoms with Gasteiger partial charge in [-0.3, -0.25) is 4.79 Å². The molecule has 1 aromatic heterocycles. The number of carbonyl (C=O) groups excluding carboxylic acids is 1. The van der Waals surface area contributed by atoms with Crippen molar-refractivity contribution in [1.82, 2.24) is 10.2 Å². The molecular formula is C15H24N2O4. The molecule has 6 nitrogen and oxygen atoms in total. The average molecular weight is 296 g/mol. The van der Waals surface area contributed by atoms with Crippen LogP contribution in [0.15, 0.2) is 16.7 Å². The quantitative estimate of drug-likeness (QED) is 0.772. The van der Waals surface area contributed by atoms with E-state index in [-0.39, 0.29) is 18.4 Å². The number of carboxylic acids is 1. The van der Waals surface area contributed by atoms with Crippen LogP contribution in [0, 0.1) is 12.8 Å². The summed E-state index contributed by atoms with van der Waals surface area (Å²) in [4.78, 5) is 24.0. The summed E-state index contributed by atoms with van der Waals surface area (Å²) < 4.78 is 5.20. The molecule has 0 aliphatic heterocycles. The van der Waals surface area contributed by atoms with Gasteiger partial charge in [0.1, 0.15) is 5.76 Å². The van der Waals surface area contributed by atoms with E-state index < -0.39 is 5.97 Å². The van der Waals surface area contributed by atoms with Crippen LogP contribution in [0.1, 0.15) is 37.5 Å². The number of aliphatic carboxylic acids is 1. The molecule has 6 heteroatoms. The van der Waals surface area contributed by atoms with E-state index in [1.54, 1.807) is 18.2 Å². The largest absolute Gasteiger partial charge is 0.481 e. The van der Waals surface area contributed by atoms with E-state index in [0.717, 1.165) is 17.7 Å². The van der Waals surface area contributed by atoms with Crippen LogP contribution in [0.3, 0.4) is 0 Å². The van der Waals surface area contributed by atoms with Gasteiger partial charge in [0.2, 0.25) is 0 Å². The molecule has 1 unspecified atom stereocenters. The number of hydrogen-bond acceptors (Lipinski definition) is 3. The Bertz CT molecular complexity index is 470. The van der Waals surface area contributed by atoms with Crippen molar-refractivity contribution in [1.29, 1.82) is 0 Å². The zero-order chi connectivity index (χ0) is 15.8. The minimum absolute atomic E-state index is 0.138. The summed E-state index contributed by atoms with van der Waals surface area (Å²) >= 11 is 0. The highest BCUT2D eigenvalue weighted by molar-refractivity contribution is 5.73. The predicted molar refractivity (Wildman–Crippen MR) is 79.0 cm³/mol. The van der Waals surface area contributed by atoms with Crippen molar-refractivity contribution in [3.8, 4) is 0 Å². The van der Waals surface area contributed by atoms with Gasteiger partial charge in [0.25, 0.3) is 0 Å². The van der Waals surface area contributed by atoms with E-state index in [1.807, 2.05) is 19.9 Å². The van der Waals surface area contributed by atoms with Crippen LogP contribution in [-0.2, 0) is 11.3 Å². The van der Waals surface area contributed by atoms with Crippen molar-refractivity contribution in [3.63, 3.8) is 0 Å². The molecule has 1 heterocycles. The van der Waals surface area contributed by atoms with Gasteiger partial charge >= 0.3 is 12.0 Å². The van der Waals surface area contributed by atoms with Gasteiger partial charge in [-0.2, -0.15) is 0 Å². The molecule has 1 aromatic rings. The van der Waals surface area contributed by atoms with Crippen LogP contribution in [0.25, 0.3) is 0 Å². The van der Waals surface area contributed by atoms with E-state index >= 15 is 0 Å². The van der Waals surface area contributed by atoms with Crippen molar-refractivity contribution >= 4 is 12.0 Å². The molecule has 0 bridgehead atoms. The standard InChI is InChI=1S/C15H24N2O4/c1-11(4-5-14(18)19)6-8-16-15(20)17(3)10-13-7-9-21-12(13)2/h7,9,11H,4-6,8,10H2,1-3H3,(H,16,20)(H,18,19). The van der Waals surface area contributed by atoms with E-state index in [9.17, 15) is 9.59 Å². The first-order valence-electron chi connectivity index (χ1n) is 7.14. The number of amides is 2. The van der Waals surface area contributed by atoms with Crippen LogP contribution >= 0.6 is 0 Å². The van der Waals surface area contributed by atoms with Crippen LogP contribution in [0.4, 0.5) is 4.79 Å². The summed E-state index contributed by atoms with van der Waals surface area (Å²) in [6.07, 6.45) is 3.20. The SMILES string of the molecule is Cc1occc1CN(C)C(=O)NCCC(C)CCC(=O)O. The molecule has 0 saturated carbocycles. The van der Waals surface area contributed by atoms with E-state index in [0.29, 0.717) is 19.5 Å². The second-order valence-electron chi connectivity index (χ2n) is 5.42. The smallest absolute Gasteiger partial charge is 0.317 e. The van der Waals surface area contributed by atoms with Crippen LogP contribution < -0.4 is 5.32 Å². The monoisotopic (exact) mass is 296 g/mol. The fourth-order valence-corrected chi connectivity index (χ4v) is 1.98. The normalized spacial score (nSPS) is 12.0. The molecule has 1 atom stereocenters. The molecule has 118 valence electrons. The van der Waals surface area contributed by atoms with Gasteiger partial charge < -0.3 is 19.7 Å². The number of nitrogens with zero attached hydrogens (tertiary/aromatic N) is 1. The highest BCUT2D eigenvalue weighted by Crippen LogP contribution is 2.11. The Morgan fingerprint density at radius 1 is 1.43 bits per heavy atom. The second-order valence-corrected chi connectivity index (χ2v) is 5.42. The summed E-state index contributed by atoms with van der Waals surface area (Å²) in [6.45, 7) is 4.91. The number of urea groups is 1. The van der Waals surface area contributed by atoms with Crippen molar-refractivity contribution in [2.24, 2.45) is 5.92 Å². The summed E-state index contributed by atoms with van der Waals surface area (Å²) in [5.41, 5.74) is 0.988. The molecule has 0 aromatic carbocycles. The molecule has 0 spiro atoms. The third-order valence-corrected chi connectivity index (χ3v) is 3.48. The Labute approximate surface area is 125 Å². The van der Waals surface area contributed by atoms with Gasteiger partial charge in [-0.25, -0.2) is 4.79 Å². The minimum Gasteiger partial charge on any atom is -0.481 e. The van der Waals surface area contributed by atoms with Crippen LogP contribution in [0.2, 0.25) is 0 Å². The van der Waals surface area contributed by atoms with Crippen molar-refractivity contribution < 1.29 is 19.1 Å². The second kappa shape index (κ2) is 8.34. The van der Waals surface area contributed by atoms with Crippen LogP contribution in [-0.4, -0.2) is 35.6 Å². The number of nitrogens with one attached hydrogen (secondary N) is 1. The fraction of sp³-hybridized carbons (Fsp3) is 0.600. The maximum atomic E-state index is 11.9. The minimum atomic E-state index is -0.777. The predicted octanol–water partition coefficient (Wildman–Crippen LogP) is 2.62. The first-order chi connectivity index (χ1) is 9.90. The maximum Gasteiger partial charge on any atom is 0.317 e. The van der Waals surface area contributed by atoms with E-state index in [1.165, 1.54) is 0 Å². The Hall–Kier alpha value is -1.98. The molecule has 1 rings (SSSR count). The Kier molecular flexibility index (Phi) is 6.78. The highest BCUT2D eigenvalue weighted by Gasteiger charge is 2.12. The summed E-state index contributed by atoms with van der Waals surface area (Å²) in [5, 5.41) is 11.5. The highest BCUT2D eigenvalue weighted by atomic mass is 16.4. The first kappa shape index (κ1) is 17.1. The molecular weight excluding hydrogens is 272 g/mol. The molecule has 0 fully saturated rings. The lowest BCUT2D eigenvalue weighted by atomic mass is 10.0. The molecule has 0 saturated heterocycles. The van der Waals surface area contributed by atoms with Gasteiger partial charge in [-0.15, -0.1) is 0 Å². The average Bonchev–Trinajstić information content (AvgIpc) is 2.81. The Balaban J connectivity index is 2.24. The number of carbonyl (C=O) groups is 2. The summed E-state index contributed by atoms with van der Waals surface area (Å²) in [5.74, 6) is 0.320. The van der Waals surface area contributed by atoms with Gasteiger partial charge in [0, 0.05) is 25.6 Å². The van der Waals surface area contributed by atoms with E-state index in [4.69, 9.17) is 9.52 Å². The first-order valence-corrected chi connectivity index (χ1v) is 7.14. The number of aryl methyl sites for hydroxylation is 1. The molecule has 0 aliphatic rings. The van der Waals surface area contributed by atoms with Gasteiger partial charge in [-0.1, -0.05) is 6.92 Å². The number of carboxylic acid groups (broad SMARTS) is 1. The number of hydrogen-bond donors (Lipinski definition) is 2. The molecule has 0 aliphatic carbocycles.